The third-order valence-electron chi connectivity index (χ3n) is 3.80. The average Bonchev–Trinajstić information content (AvgIpc) is 2.46. The molecule has 0 amide bonds. The van der Waals surface area contributed by atoms with E-state index < -0.39 is 15.4 Å². The van der Waals surface area contributed by atoms with Gasteiger partial charge in [0.1, 0.15) is 0 Å². The second-order valence-corrected chi connectivity index (χ2v) is 8.49. The van der Waals surface area contributed by atoms with Crippen molar-refractivity contribution >= 4 is 41.4 Å². The first-order valence-electron chi connectivity index (χ1n) is 6.92. The minimum absolute atomic E-state index is 0.170. The van der Waals surface area contributed by atoms with Gasteiger partial charge in [0.2, 0.25) is 0 Å². The zero-order valence-electron chi connectivity index (χ0n) is 12.8. The number of benzene rings is 2. The molecule has 0 fully saturated rings. The summed E-state index contributed by atoms with van der Waals surface area (Å²) in [6.07, 6.45) is 0. The molecule has 1 aliphatic heterocycles. The molecule has 0 aliphatic carbocycles. The molecule has 0 bridgehead atoms. The van der Waals surface area contributed by atoms with Crippen LogP contribution >= 0.6 is 0 Å². The van der Waals surface area contributed by atoms with Crippen LogP contribution in [-0.4, -0.2) is 49.4 Å². The number of ketones is 1. The van der Waals surface area contributed by atoms with Crippen LogP contribution in [0.3, 0.4) is 0 Å². The summed E-state index contributed by atoms with van der Waals surface area (Å²) in [5.74, 6) is 0.170. The Morgan fingerprint density at radius 3 is 2.05 bits per heavy atom. The van der Waals surface area contributed by atoms with Gasteiger partial charge in [-0.15, -0.1) is 0 Å². The zero-order valence-corrected chi connectivity index (χ0v) is 14.9. The van der Waals surface area contributed by atoms with Gasteiger partial charge in [-0.1, -0.05) is 0 Å². The molecule has 2 aromatic rings. The molecule has 21 heavy (non-hydrogen) atoms. The Hall–Kier alpha value is -1.75. The van der Waals surface area contributed by atoms with E-state index in [1.54, 1.807) is 0 Å². The van der Waals surface area contributed by atoms with E-state index in [2.05, 4.69) is 23.1 Å². The van der Waals surface area contributed by atoms with Crippen molar-refractivity contribution in [2.75, 3.05) is 38.0 Å². The molecule has 1 aliphatic rings. The van der Waals surface area contributed by atoms with Gasteiger partial charge in [0.25, 0.3) is 0 Å². The van der Waals surface area contributed by atoms with Crippen LogP contribution in [0.5, 0.6) is 0 Å². The third kappa shape index (κ3) is 2.46. The van der Waals surface area contributed by atoms with Crippen LogP contribution < -0.4 is 18.6 Å². The molecule has 2 aromatic carbocycles. The van der Waals surface area contributed by atoms with Gasteiger partial charge in [-0.3, -0.25) is 0 Å². The summed E-state index contributed by atoms with van der Waals surface area (Å²) in [6, 6.07) is 12.5. The molecule has 0 spiro atoms. The number of hydrogen-bond acceptors (Lipinski definition) is 3. The summed E-state index contributed by atoms with van der Waals surface area (Å²) >= 11 is -0.445. The zero-order chi connectivity index (χ0) is 15.1. The van der Waals surface area contributed by atoms with Gasteiger partial charge in [-0.25, -0.2) is 0 Å². The second-order valence-electron chi connectivity index (χ2n) is 5.70. The Morgan fingerprint density at radius 1 is 0.762 bits per heavy atom. The minimum atomic E-state index is -0.445. The molecule has 0 unspecified atom stereocenters. The fourth-order valence-electron chi connectivity index (χ4n) is 2.51. The summed E-state index contributed by atoms with van der Waals surface area (Å²) in [6.45, 7) is 0. The molecule has 2 radical (unpaired) electrons. The molecule has 0 atom stereocenters. The molecule has 0 N–H and O–H groups in total. The van der Waals surface area contributed by atoms with Gasteiger partial charge in [0.05, 0.1) is 0 Å². The summed E-state index contributed by atoms with van der Waals surface area (Å²) < 4.78 is 2.49. The van der Waals surface area contributed by atoms with Crippen LogP contribution in [-0.2, 0) is 0 Å². The predicted octanol–water partition coefficient (Wildman–Crippen LogP) is 1.02. The Morgan fingerprint density at radius 2 is 1.38 bits per heavy atom. The maximum atomic E-state index is 12.8. The van der Waals surface area contributed by atoms with E-state index in [9.17, 15) is 4.79 Å². The Balaban J connectivity index is 2.08. The van der Waals surface area contributed by atoms with Gasteiger partial charge in [0.15, 0.2) is 0 Å². The van der Waals surface area contributed by atoms with E-state index in [1.807, 2.05) is 51.3 Å². The van der Waals surface area contributed by atoms with Crippen LogP contribution in [0, 0.1) is 0 Å². The number of carbonyl (C=O) groups excluding carboxylic acids is 1. The van der Waals surface area contributed by atoms with E-state index in [0.29, 0.717) is 0 Å². The first-order valence-corrected chi connectivity index (χ1v) is 9.01. The quantitative estimate of drug-likeness (QED) is 0.652. The van der Waals surface area contributed by atoms with Crippen molar-refractivity contribution in [2.24, 2.45) is 0 Å². The van der Waals surface area contributed by atoms with Crippen molar-refractivity contribution in [1.82, 2.24) is 0 Å². The van der Waals surface area contributed by atoms with Crippen LogP contribution in [0.2, 0.25) is 0 Å². The summed E-state index contributed by atoms with van der Waals surface area (Å²) in [5.41, 5.74) is 4.04. The van der Waals surface area contributed by atoms with Crippen molar-refractivity contribution in [3.8, 4) is 0 Å². The molecule has 0 saturated heterocycles. The number of fused-ring (bicyclic) bond motifs is 2. The molecule has 3 rings (SSSR count). The van der Waals surface area contributed by atoms with Gasteiger partial charge < -0.3 is 0 Å². The van der Waals surface area contributed by atoms with Crippen LogP contribution in [0.1, 0.15) is 15.9 Å². The average molecular weight is 339 g/mol. The maximum absolute atomic E-state index is 12.8. The standard InChI is InChI=1S/C17H18GeN2O/c1-19(2)11-6-8-15-14(9-11)17(21)13-7-5-12(20(3)4)10-16(13)18-15/h5-10H,1-4H3. The molecule has 4 heteroatoms. The Bertz CT molecular complexity index is 723. The topological polar surface area (TPSA) is 23.6 Å². The fourth-order valence-corrected chi connectivity index (χ4v) is 5.30. The number of nitrogens with zero attached hydrogens (tertiary/aromatic N) is 2. The molecule has 1 heterocycles. The van der Waals surface area contributed by atoms with Crippen LogP contribution in [0.15, 0.2) is 36.4 Å². The summed E-state index contributed by atoms with van der Waals surface area (Å²) in [5, 5.41) is 0. The first kappa shape index (κ1) is 14.2. The number of anilines is 2. The summed E-state index contributed by atoms with van der Waals surface area (Å²) in [7, 11) is 8.07. The molecule has 106 valence electrons. The normalized spacial score (nSPS) is 12.7. The van der Waals surface area contributed by atoms with Gasteiger partial charge in [0, 0.05) is 0 Å². The van der Waals surface area contributed by atoms with Crippen molar-refractivity contribution in [3.05, 3.63) is 47.5 Å². The number of rotatable bonds is 2. The molecule has 0 saturated carbocycles. The third-order valence-corrected chi connectivity index (χ3v) is 6.71. The fraction of sp³-hybridized carbons (Fsp3) is 0.235. The first-order chi connectivity index (χ1) is 9.97. The van der Waals surface area contributed by atoms with E-state index in [0.717, 1.165) is 16.8 Å². The van der Waals surface area contributed by atoms with Crippen molar-refractivity contribution < 1.29 is 4.79 Å². The predicted molar refractivity (Wildman–Crippen MR) is 90.0 cm³/mol. The second kappa shape index (κ2) is 5.22. The SMILES string of the molecule is CN(C)c1ccc2[c](c1)[Ge][c]1ccc(N(C)C)cc1C2=O. The Kier molecular flexibility index (Phi) is 3.53. The monoisotopic (exact) mass is 340 g/mol. The van der Waals surface area contributed by atoms with E-state index >= 15 is 0 Å². The van der Waals surface area contributed by atoms with Crippen LogP contribution in [0.4, 0.5) is 11.4 Å². The number of carbonyl (C=O) groups is 1. The van der Waals surface area contributed by atoms with Crippen LogP contribution in [0.25, 0.3) is 0 Å². The Labute approximate surface area is 132 Å². The molecule has 3 nitrogen and oxygen atoms in total. The van der Waals surface area contributed by atoms with E-state index in [4.69, 9.17) is 0 Å². The number of hydrogen-bond donors (Lipinski definition) is 0. The van der Waals surface area contributed by atoms with Gasteiger partial charge in [-0.05, 0) is 0 Å². The molecular weight excluding hydrogens is 321 g/mol. The van der Waals surface area contributed by atoms with Crippen molar-refractivity contribution in [3.63, 3.8) is 0 Å². The van der Waals surface area contributed by atoms with Gasteiger partial charge >= 0.3 is 132 Å². The summed E-state index contributed by atoms with van der Waals surface area (Å²) in [4.78, 5) is 16.9. The molecular formula is C17H18GeN2O. The van der Waals surface area contributed by atoms with Crippen molar-refractivity contribution in [1.29, 1.82) is 0 Å². The van der Waals surface area contributed by atoms with E-state index in [1.165, 1.54) is 14.5 Å². The van der Waals surface area contributed by atoms with E-state index in [-0.39, 0.29) is 5.78 Å². The van der Waals surface area contributed by atoms with Gasteiger partial charge in [-0.2, -0.15) is 0 Å². The molecule has 0 aromatic heterocycles. The van der Waals surface area contributed by atoms with Crippen molar-refractivity contribution in [2.45, 2.75) is 0 Å².